The first-order chi connectivity index (χ1) is 9.42. The van der Waals surface area contributed by atoms with Gasteiger partial charge in [0.2, 0.25) is 0 Å². The van der Waals surface area contributed by atoms with Gasteiger partial charge < -0.3 is 5.73 Å². The average molecular weight is 271 g/mol. The fraction of sp³-hybridized carbons (Fsp3) is 0.294. The van der Waals surface area contributed by atoms with Gasteiger partial charge in [0.1, 0.15) is 0 Å². The second kappa shape index (κ2) is 8.09. The summed E-state index contributed by atoms with van der Waals surface area (Å²) in [6.45, 7) is 0.814. The molecule has 0 spiro atoms. The molecule has 2 aromatic rings. The van der Waals surface area contributed by atoms with Crippen LogP contribution < -0.4 is 16.3 Å². The molecule has 0 fully saturated rings. The molecule has 0 amide bonds. The molecule has 0 aliphatic carbocycles. The molecule has 0 heterocycles. The van der Waals surface area contributed by atoms with Crippen LogP contribution in [0.3, 0.4) is 0 Å². The minimum atomic E-state index is -0.208. The Hall–Kier alpha value is -1.17. The molecule has 19 heavy (non-hydrogen) atoms. The number of hydrogen-bond donors (Lipinski definition) is 1. The summed E-state index contributed by atoms with van der Waals surface area (Å²) in [6.07, 6.45) is 4.93. The Balaban J connectivity index is 2.10. The molecule has 0 radical (unpaired) electrons. The van der Waals surface area contributed by atoms with E-state index in [0.29, 0.717) is 0 Å². The van der Waals surface area contributed by atoms with Crippen LogP contribution in [0.2, 0.25) is 0 Å². The molecule has 2 rings (SSSR count). The summed E-state index contributed by atoms with van der Waals surface area (Å²) in [5, 5.41) is 2.97. The maximum absolute atomic E-state index is 5.57. The van der Waals surface area contributed by atoms with Crippen LogP contribution in [0.1, 0.15) is 19.3 Å². The zero-order chi connectivity index (χ0) is 13.3. The van der Waals surface area contributed by atoms with E-state index in [1.807, 2.05) is 0 Å². The van der Waals surface area contributed by atoms with Gasteiger partial charge in [-0.15, -0.1) is 0 Å². The Morgan fingerprint density at radius 1 is 0.684 bits per heavy atom. The highest BCUT2D eigenvalue weighted by Gasteiger charge is 2.12. The van der Waals surface area contributed by atoms with Crippen LogP contribution in [0.25, 0.3) is 0 Å². The highest BCUT2D eigenvalue weighted by molar-refractivity contribution is 7.73. The molecule has 2 N–H and O–H groups in total. The van der Waals surface area contributed by atoms with Crippen molar-refractivity contribution in [2.75, 3.05) is 12.7 Å². The smallest absolute Gasteiger partial charge is 0.00773 e. The molecule has 0 unspecified atom stereocenters. The Morgan fingerprint density at radius 3 is 1.68 bits per heavy atom. The fourth-order valence-electron chi connectivity index (χ4n) is 2.21. The van der Waals surface area contributed by atoms with Crippen molar-refractivity contribution < 1.29 is 0 Å². The van der Waals surface area contributed by atoms with Gasteiger partial charge in [-0.05, 0) is 44.1 Å². The van der Waals surface area contributed by atoms with Crippen LogP contribution in [-0.4, -0.2) is 12.7 Å². The van der Waals surface area contributed by atoms with E-state index in [0.717, 1.165) is 13.0 Å². The van der Waals surface area contributed by atoms with Gasteiger partial charge in [-0.3, -0.25) is 0 Å². The van der Waals surface area contributed by atoms with Crippen LogP contribution in [0.5, 0.6) is 0 Å². The molecular weight excluding hydrogens is 249 g/mol. The third-order valence-electron chi connectivity index (χ3n) is 3.22. The summed E-state index contributed by atoms with van der Waals surface area (Å²) in [4.78, 5) is 0. The molecule has 0 saturated heterocycles. The second-order valence-electron chi connectivity index (χ2n) is 4.67. The Bertz CT molecular complexity index is 416. The molecular formula is C17H22NP. The summed E-state index contributed by atoms with van der Waals surface area (Å²) in [6, 6.07) is 21.8. The van der Waals surface area contributed by atoms with Gasteiger partial charge in [0.25, 0.3) is 0 Å². The second-order valence-corrected chi connectivity index (χ2v) is 7.01. The molecule has 2 aromatic carbocycles. The maximum Gasteiger partial charge on any atom is -0.00773 e. The fourth-order valence-corrected chi connectivity index (χ4v) is 4.63. The van der Waals surface area contributed by atoms with E-state index >= 15 is 0 Å². The lowest BCUT2D eigenvalue weighted by Crippen LogP contribution is -2.14. The maximum atomic E-state index is 5.57. The highest BCUT2D eigenvalue weighted by Crippen LogP contribution is 2.34. The topological polar surface area (TPSA) is 26.0 Å². The lowest BCUT2D eigenvalue weighted by atomic mass is 10.2. The van der Waals surface area contributed by atoms with E-state index in [4.69, 9.17) is 5.73 Å². The molecule has 0 saturated carbocycles. The normalized spacial score (nSPS) is 10.8. The van der Waals surface area contributed by atoms with Gasteiger partial charge in [-0.25, -0.2) is 0 Å². The monoisotopic (exact) mass is 271 g/mol. The molecule has 0 aliphatic rings. The third kappa shape index (κ3) is 4.45. The summed E-state index contributed by atoms with van der Waals surface area (Å²) in [7, 11) is -0.208. The predicted octanol–water partition coefficient (Wildman–Crippen LogP) is 3.25. The molecule has 0 aromatic heterocycles. The van der Waals surface area contributed by atoms with Crippen molar-refractivity contribution in [1.29, 1.82) is 0 Å². The summed E-state index contributed by atoms with van der Waals surface area (Å²) < 4.78 is 0. The van der Waals surface area contributed by atoms with Gasteiger partial charge in [0.05, 0.1) is 0 Å². The van der Waals surface area contributed by atoms with Gasteiger partial charge in [-0.2, -0.15) is 0 Å². The van der Waals surface area contributed by atoms with Gasteiger partial charge in [0.15, 0.2) is 0 Å². The Kier molecular flexibility index (Phi) is 6.07. The zero-order valence-corrected chi connectivity index (χ0v) is 12.2. The van der Waals surface area contributed by atoms with Crippen molar-refractivity contribution in [2.24, 2.45) is 5.73 Å². The van der Waals surface area contributed by atoms with Gasteiger partial charge >= 0.3 is 0 Å². The van der Waals surface area contributed by atoms with E-state index in [-0.39, 0.29) is 7.92 Å². The molecule has 2 heteroatoms. The highest BCUT2D eigenvalue weighted by atomic mass is 31.1. The molecule has 0 aliphatic heterocycles. The van der Waals surface area contributed by atoms with E-state index in [1.54, 1.807) is 0 Å². The first kappa shape index (κ1) is 14.2. The van der Waals surface area contributed by atoms with Crippen molar-refractivity contribution in [1.82, 2.24) is 0 Å². The van der Waals surface area contributed by atoms with Crippen LogP contribution in [0.15, 0.2) is 60.7 Å². The van der Waals surface area contributed by atoms with E-state index in [2.05, 4.69) is 60.7 Å². The predicted molar refractivity (Wildman–Crippen MR) is 86.8 cm³/mol. The Morgan fingerprint density at radius 2 is 1.21 bits per heavy atom. The van der Waals surface area contributed by atoms with Crippen LogP contribution in [0, 0.1) is 0 Å². The number of rotatable bonds is 7. The first-order valence-corrected chi connectivity index (χ1v) is 8.52. The zero-order valence-electron chi connectivity index (χ0n) is 11.3. The van der Waals surface area contributed by atoms with Gasteiger partial charge in [-0.1, -0.05) is 67.1 Å². The van der Waals surface area contributed by atoms with Crippen molar-refractivity contribution in [3.05, 3.63) is 60.7 Å². The molecule has 0 atom stereocenters. The average Bonchev–Trinajstić information content (AvgIpc) is 2.49. The van der Waals surface area contributed by atoms with Crippen molar-refractivity contribution in [3.8, 4) is 0 Å². The largest absolute Gasteiger partial charge is 0.330 e. The van der Waals surface area contributed by atoms with Crippen LogP contribution >= 0.6 is 7.92 Å². The van der Waals surface area contributed by atoms with E-state index in [1.165, 1.54) is 29.6 Å². The lowest BCUT2D eigenvalue weighted by Gasteiger charge is -2.18. The van der Waals surface area contributed by atoms with Crippen LogP contribution in [-0.2, 0) is 0 Å². The number of unbranched alkanes of at least 4 members (excludes halogenated alkanes) is 2. The van der Waals surface area contributed by atoms with Crippen molar-refractivity contribution in [3.63, 3.8) is 0 Å². The minimum absolute atomic E-state index is 0.208. The number of nitrogens with two attached hydrogens (primary N) is 1. The number of benzene rings is 2. The molecule has 0 bridgehead atoms. The molecule has 100 valence electrons. The number of hydrogen-bond acceptors (Lipinski definition) is 1. The SMILES string of the molecule is NCCCCCP(c1ccccc1)c1ccccc1. The summed E-state index contributed by atoms with van der Waals surface area (Å²) >= 11 is 0. The molecule has 1 nitrogen and oxygen atoms in total. The third-order valence-corrected chi connectivity index (χ3v) is 5.83. The standard InChI is InChI=1S/C17H22NP/c18-14-8-3-9-15-19(16-10-4-1-5-11-16)17-12-6-2-7-13-17/h1-2,4-7,10-13H,3,8-9,14-15,18H2. The van der Waals surface area contributed by atoms with Gasteiger partial charge in [0, 0.05) is 0 Å². The lowest BCUT2D eigenvalue weighted by molar-refractivity contribution is 0.731. The van der Waals surface area contributed by atoms with E-state index in [9.17, 15) is 0 Å². The summed E-state index contributed by atoms with van der Waals surface area (Å²) in [5.74, 6) is 0. The quantitative estimate of drug-likeness (QED) is 0.607. The Labute approximate surface area is 117 Å². The van der Waals surface area contributed by atoms with Crippen LogP contribution in [0.4, 0.5) is 0 Å². The van der Waals surface area contributed by atoms with Crippen molar-refractivity contribution >= 4 is 18.5 Å². The minimum Gasteiger partial charge on any atom is -0.330 e. The first-order valence-electron chi connectivity index (χ1n) is 6.99. The van der Waals surface area contributed by atoms with E-state index < -0.39 is 0 Å². The van der Waals surface area contributed by atoms with Crippen molar-refractivity contribution in [2.45, 2.75) is 19.3 Å². The summed E-state index contributed by atoms with van der Waals surface area (Å²) in [5.41, 5.74) is 5.57.